The Morgan fingerprint density at radius 1 is 1.60 bits per heavy atom. The highest BCUT2D eigenvalue weighted by molar-refractivity contribution is 4.80. The van der Waals surface area contributed by atoms with Gasteiger partial charge in [0.2, 0.25) is 0 Å². The molecule has 1 aliphatic heterocycles. The van der Waals surface area contributed by atoms with Crippen molar-refractivity contribution >= 4 is 0 Å². The van der Waals surface area contributed by atoms with E-state index >= 15 is 0 Å². The van der Waals surface area contributed by atoms with Gasteiger partial charge in [0, 0.05) is 0 Å². The second-order valence-corrected chi connectivity index (χ2v) is 3.20. The highest BCUT2D eigenvalue weighted by Crippen LogP contribution is 2.14. The minimum Gasteiger partial charge on any atom is -0.317 e. The molecule has 1 atom stereocenters. The second-order valence-electron chi connectivity index (χ2n) is 3.20. The lowest BCUT2D eigenvalue weighted by Gasteiger charge is -2.32. The summed E-state index contributed by atoms with van der Waals surface area (Å²) in [6, 6.07) is 0. The molecule has 2 heteroatoms. The van der Waals surface area contributed by atoms with Crippen LogP contribution in [-0.2, 0) is 0 Å². The summed E-state index contributed by atoms with van der Waals surface area (Å²) < 4.78 is 0. The second kappa shape index (κ2) is 3.94. The van der Waals surface area contributed by atoms with Gasteiger partial charge in [-0.2, -0.15) is 0 Å². The van der Waals surface area contributed by atoms with Crippen LogP contribution < -0.4 is 10.6 Å². The van der Waals surface area contributed by atoms with Crippen LogP contribution in [0, 0.1) is 11.8 Å². The predicted molar refractivity (Wildman–Crippen MR) is 44.1 cm³/mol. The Balaban J connectivity index is 2.02. The zero-order valence-corrected chi connectivity index (χ0v) is 6.98. The molecular formula is C8H18N2. The summed E-state index contributed by atoms with van der Waals surface area (Å²) in [5.74, 6) is 1.78. The van der Waals surface area contributed by atoms with Crippen molar-refractivity contribution < 1.29 is 0 Å². The fourth-order valence-corrected chi connectivity index (χ4v) is 1.25. The first-order chi connectivity index (χ1) is 4.84. The average molecular weight is 142 g/mol. The molecule has 1 saturated heterocycles. The first-order valence-electron chi connectivity index (χ1n) is 4.26. The molecule has 0 aromatic carbocycles. The first kappa shape index (κ1) is 8.02. The van der Waals surface area contributed by atoms with Crippen LogP contribution in [-0.4, -0.2) is 26.2 Å². The van der Waals surface area contributed by atoms with E-state index in [-0.39, 0.29) is 0 Å². The van der Waals surface area contributed by atoms with E-state index in [1.165, 1.54) is 19.6 Å². The minimum atomic E-state index is 0.848. The van der Waals surface area contributed by atoms with Crippen LogP contribution in [0.3, 0.4) is 0 Å². The van der Waals surface area contributed by atoms with Gasteiger partial charge < -0.3 is 10.6 Å². The Kier molecular flexibility index (Phi) is 3.16. The Hall–Kier alpha value is -0.0800. The molecule has 0 aliphatic carbocycles. The van der Waals surface area contributed by atoms with E-state index in [0.29, 0.717) is 0 Å². The monoisotopic (exact) mass is 142 g/mol. The van der Waals surface area contributed by atoms with Gasteiger partial charge in [0.15, 0.2) is 0 Å². The van der Waals surface area contributed by atoms with Crippen LogP contribution in [0.5, 0.6) is 0 Å². The molecule has 0 spiro atoms. The van der Waals surface area contributed by atoms with Gasteiger partial charge in [0.05, 0.1) is 0 Å². The van der Waals surface area contributed by atoms with Crippen LogP contribution in [0.25, 0.3) is 0 Å². The van der Waals surface area contributed by atoms with Gasteiger partial charge in [-0.25, -0.2) is 0 Å². The summed E-state index contributed by atoms with van der Waals surface area (Å²) in [6.07, 6.45) is 0. The van der Waals surface area contributed by atoms with E-state index in [9.17, 15) is 0 Å². The lowest BCUT2D eigenvalue weighted by atomic mass is 9.89. The van der Waals surface area contributed by atoms with Crippen molar-refractivity contribution in [1.29, 1.82) is 0 Å². The molecule has 0 bridgehead atoms. The van der Waals surface area contributed by atoms with Crippen molar-refractivity contribution in [2.45, 2.75) is 13.8 Å². The molecule has 0 amide bonds. The smallest absolute Gasteiger partial charge is 0.000522 e. The highest BCUT2D eigenvalue weighted by Gasteiger charge is 2.22. The highest BCUT2D eigenvalue weighted by atomic mass is 15.0. The third-order valence-electron chi connectivity index (χ3n) is 2.33. The van der Waals surface area contributed by atoms with Gasteiger partial charge >= 0.3 is 0 Å². The standard InChI is InChI=1S/C8H18N2/c1-3-9-4-7(2)8-5-10-6-8/h7-10H,3-6H2,1-2H3. The Morgan fingerprint density at radius 3 is 2.70 bits per heavy atom. The molecular weight excluding hydrogens is 124 g/mol. The minimum absolute atomic E-state index is 0.848. The van der Waals surface area contributed by atoms with Crippen molar-refractivity contribution in [3.63, 3.8) is 0 Å². The maximum Gasteiger partial charge on any atom is -0.000522 e. The van der Waals surface area contributed by atoms with E-state index in [1.807, 2.05) is 0 Å². The van der Waals surface area contributed by atoms with E-state index in [0.717, 1.165) is 18.4 Å². The molecule has 1 fully saturated rings. The van der Waals surface area contributed by atoms with E-state index in [2.05, 4.69) is 24.5 Å². The molecule has 0 radical (unpaired) electrons. The largest absolute Gasteiger partial charge is 0.317 e. The van der Waals surface area contributed by atoms with E-state index < -0.39 is 0 Å². The molecule has 1 rings (SSSR count). The SMILES string of the molecule is CCNCC(C)C1CNC1. The van der Waals surface area contributed by atoms with E-state index in [4.69, 9.17) is 0 Å². The topological polar surface area (TPSA) is 24.1 Å². The number of nitrogens with one attached hydrogen (secondary N) is 2. The molecule has 2 N–H and O–H groups in total. The maximum atomic E-state index is 3.37. The van der Waals surface area contributed by atoms with Gasteiger partial charge in [-0.3, -0.25) is 0 Å². The zero-order chi connectivity index (χ0) is 7.40. The molecule has 10 heavy (non-hydrogen) atoms. The Morgan fingerprint density at radius 2 is 2.30 bits per heavy atom. The predicted octanol–water partition coefficient (Wildman–Crippen LogP) is 0.451. The van der Waals surface area contributed by atoms with Crippen LogP contribution in [0.2, 0.25) is 0 Å². The van der Waals surface area contributed by atoms with Gasteiger partial charge in [-0.1, -0.05) is 13.8 Å². The third kappa shape index (κ3) is 1.96. The van der Waals surface area contributed by atoms with Gasteiger partial charge in [-0.15, -0.1) is 0 Å². The molecule has 1 unspecified atom stereocenters. The zero-order valence-electron chi connectivity index (χ0n) is 6.98. The molecule has 60 valence electrons. The molecule has 0 saturated carbocycles. The summed E-state index contributed by atoms with van der Waals surface area (Å²) >= 11 is 0. The number of rotatable bonds is 4. The van der Waals surface area contributed by atoms with Gasteiger partial charge in [0.1, 0.15) is 0 Å². The molecule has 1 aliphatic rings. The lowest BCUT2D eigenvalue weighted by molar-refractivity contribution is 0.244. The molecule has 0 aromatic heterocycles. The van der Waals surface area contributed by atoms with Crippen LogP contribution in [0.4, 0.5) is 0 Å². The van der Waals surface area contributed by atoms with Crippen molar-refractivity contribution in [2.24, 2.45) is 11.8 Å². The van der Waals surface area contributed by atoms with Gasteiger partial charge in [0.25, 0.3) is 0 Å². The fraction of sp³-hybridized carbons (Fsp3) is 1.00. The fourth-order valence-electron chi connectivity index (χ4n) is 1.25. The normalized spacial score (nSPS) is 22.2. The lowest BCUT2D eigenvalue weighted by Crippen LogP contribution is -2.47. The third-order valence-corrected chi connectivity index (χ3v) is 2.33. The summed E-state index contributed by atoms with van der Waals surface area (Å²) in [5.41, 5.74) is 0. The quantitative estimate of drug-likeness (QED) is 0.595. The van der Waals surface area contributed by atoms with Crippen molar-refractivity contribution in [3.05, 3.63) is 0 Å². The summed E-state index contributed by atoms with van der Waals surface area (Å²) in [4.78, 5) is 0. The molecule has 1 heterocycles. The summed E-state index contributed by atoms with van der Waals surface area (Å²) in [5, 5.41) is 6.66. The summed E-state index contributed by atoms with van der Waals surface area (Å²) in [7, 11) is 0. The number of hydrogen-bond acceptors (Lipinski definition) is 2. The van der Waals surface area contributed by atoms with E-state index in [1.54, 1.807) is 0 Å². The molecule has 2 nitrogen and oxygen atoms in total. The van der Waals surface area contributed by atoms with Crippen molar-refractivity contribution in [3.8, 4) is 0 Å². The van der Waals surface area contributed by atoms with Crippen molar-refractivity contribution in [2.75, 3.05) is 26.2 Å². The van der Waals surface area contributed by atoms with Crippen LogP contribution in [0.15, 0.2) is 0 Å². The van der Waals surface area contributed by atoms with Crippen LogP contribution in [0.1, 0.15) is 13.8 Å². The maximum absolute atomic E-state index is 3.37. The van der Waals surface area contributed by atoms with Crippen molar-refractivity contribution in [1.82, 2.24) is 10.6 Å². The summed E-state index contributed by atoms with van der Waals surface area (Å²) in [6.45, 7) is 9.23. The average Bonchev–Trinajstić information content (AvgIpc) is 1.79. The van der Waals surface area contributed by atoms with Gasteiger partial charge in [-0.05, 0) is 38.0 Å². The number of hydrogen-bond donors (Lipinski definition) is 2. The van der Waals surface area contributed by atoms with Crippen LogP contribution >= 0.6 is 0 Å². The Bertz CT molecular complexity index is 89.3. The first-order valence-corrected chi connectivity index (χ1v) is 4.26. The molecule has 0 aromatic rings. The Labute approximate surface area is 63.4 Å².